The Hall–Kier alpha value is -2.58. The van der Waals surface area contributed by atoms with E-state index in [1.54, 1.807) is 0 Å². The summed E-state index contributed by atoms with van der Waals surface area (Å²) in [6.45, 7) is 0. The number of carbonyl (C=O) groups is 2. The summed E-state index contributed by atoms with van der Waals surface area (Å²) in [5.41, 5.74) is 5.75. The van der Waals surface area contributed by atoms with E-state index in [0.29, 0.717) is 20.6 Å². The Balaban J connectivity index is 2.07. The zero-order chi connectivity index (χ0) is 17.5. The number of hydrogen-bond acceptors (Lipinski definition) is 5. The van der Waals surface area contributed by atoms with E-state index in [1.807, 2.05) is 0 Å². The van der Waals surface area contributed by atoms with Gasteiger partial charge in [0.05, 0.1) is 17.0 Å². The number of carbonyl (C=O) groups excluding carboxylic acids is 2. The number of rotatable bonds is 3. The van der Waals surface area contributed by atoms with Crippen LogP contribution in [0.3, 0.4) is 0 Å². The summed E-state index contributed by atoms with van der Waals surface area (Å²) in [7, 11) is -4.26. The Morgan fingerprint density at radius 2 is 1.83 bits per heavy atom. The van der Waals surface area contributed by atoms with Crippen molar-refractivity contribution in [2.75, 3.05) is 4.31 Å². The van der Waals surface area contributed by atoms with E-state index in [0.717, 1.165) is 0 Å². The average Bonchev–Trinajstić information content (AvgIpc) is 2.88. The van der Waals surface area contributed by atoms with Crippen molar-refractivity contribution < 1.29 is 22.7 Å². The molecule has 0 radical (unpaired) electrons. The molecule has 7 nitrogen and oxygen atoms in total. The van der Waals surface area contributed by atoms with Crippen molar-refractivity contribution in [3.63, 3.8) is 0 Å². The quantitative estimate of drug-likeness (QED) is 0.661. The molecule has 0 bridgehead atoms. The summed E-state index contributed by atoms with van der Waals surface area (Å²) >= 11 is 5.77. The fourth-order valence-corrected chi connectivity index (χ4v) is 3.84. The Bertz CT molecular complexity index is 941. The number of esters is 1. The number of primary amides is 1. The number of benzene rings is 2. The highest BCUT2D eigenvalue weighted by atomic mass is 35.5. The van der Waals surface area contributed by atoms with Gasteiger partial charge in [-0.3, -0.25) is 4.79 Å². The highest BCUT2D eigenvalue weighted by Crippen LogP contribution is 2.31. The summed E-state index contributed by atoms with van der Waals surface area (Å²) in [5.74, 6) is -0.167. The van der Waals surface area contributed by atoms with Crippen molar-refractivity contribution in [3.8, 4) is 5.75 Å². The Morgan fingerprint density at radius 1 is 1.17 bits per heavy atom. The van der Waals surface area contributed by atoms with Crippen LogP contribution in [0.4, 0.5) is 10.5 Å². The highest BCUT2D eigenvalue weighted by Gasteiger charge is 2.31. The predicted octanol–water partition coefficient (Wildman–Crippen LogP) is 2.08. The maximum absolute atomic E-state index is 12.8. The molecular formula is C15H11ClN2O5S. The van der Waals surface area contributed by atoms with Gasteiger partial charge in [0.2, 0.25) is 0 Å². The molecule has 2 amide bonds. The molecule has 124 valence electrons. The summed E-state index contributed by atoms with van der Waals surface area (Å²) in [4.78, 5) is 22.9. The first-order chi connectivity index (χ1) is 11.3. The molecule has 1 aliphatic rings. The largest absolute Gasteiger partial charge is 0.426 e. The lowest BCUT2D eigenvalue weighted by atomic mass is 10.2. The van der Waals surface area contributed by atoms with Gasteiger partial charge in [-0.05, 0) is 42.5 Å². The van der Waals surface area contributed by atoms with Crippen LogP contribution in [0.25, 0.3) is 0 Å². The third-order valence-corrected chi connectivity index (χ3v) is 5.36. The normalized spacial score (nSPS) is 13.3. The number of ether oxygens (including phenoxy) is 1. The number of amides is 2. The molecule has 0 unspecified atom stereocenters. The van der Waals surface area contributed by atoms with Crippen LogP contribution in [0.15, 0.2) is 47.4 Å². The second kappa shape index (κ2) is 5.81. The maximum atomic E-state index is 12.8. The third kappa shape index (κ3) is 2.81. The summed E-state index contributed by atoms with van der Waals surface area (Å²) < 4.78 is 31.0. The third-order valence-electron chi connectivity index (χ3n) is 3.39. The van der Waals surface area contributed by atoms with Crippen molar-refractivity contribution in [1.29, 1.82) is 0 Å². The van der Waals surface area contributed by atoms with Crippen LogP contribution in [0.5, 0.6) is 5.75 Å². The van der Waals surface area contributed by atoms with E-state index in [9.17, 15) is 18.0 Å². The second-order valence-electron chi connectivity index (χ2n) is 5.00. The van der Waals surface area contributed by atoms with Crippen molar-refractivity contribution in [2.24, 2.45) is 5.73 Å². The highest BCUT2D eigenvalue weighted by molar-refractivity contribution is 7.93. The molecular weight excluding hydrogens is 356 g/mol. The van der Waals surface area contributed by atoms with Gasteiger partial charge in [-0.2, -0.15) is 4.31 Å². The Morgan fingerprint density at radius 3 is 2.46 bits per heavy atom. The van der Waals surface area contributed by atoms with E-state index >= 15 is 0 Å². The van der Waals surface area contributed by atoms with Gasteiger partial charge in [0, 0.05) is 10.6 Å². The minimum absolute atomic E-state index is 0.0315. The number of nitrogens with two attached hydrogens (primary N) is 1. The second-order valence-corrected chi connectivity index (χ2v) is 7.23. The predicted molar refractivity (Wildman–Crippen MR) is 86.5 cm³/mol. The number of urea groups is 1. The molecule has 0 fully saturated rings. The molecule has 2 aromatic rings. The molecule has 0 spiro atoms. The number of hydrogen-bond donors (Lipinski definition) is 1. The van der Waals surface area contributed by atoms with Crippen molar-refractivity contribution >= 4 is 39.3 Å². The Labute approximate surface area is 142 Å². The first kappa shape index (κ1) is 16.3. The van der Waals surface area contributed by atoms with Gasteiger partial charge in [0.25, 0.3) is 10.0 Å². The van der Waals surface area contributed by atoms with Gasteiger partial charge in [-0.25, -0.2) is 13.2 Å². The molecule has 24 heavy (non-hydrogen) atoms. The van der Waals surface area contributed by atoms with Crippen LogP contribution in [0.2, 0.25) is 5.02 Å². The van der Waals surface area contributed by atoms with Crippen LogP contribution in [-0.2, 0) is 21.2 Å². The average molecular weight is 367 g/mol. The lowest BCUT2D eigenvalue weighted by molar-refractivity contribution is -0.131. The smallest absolute Gasteiger partial charge is 0.333 e. The van der Waals surface area contributed by atoms with Gasteiger partial charge < -0.3 is 10.5 Å². The van der Waals surface area contributed by atoms with E-state index in [-0.39, 0.29) is 17.0 Å². The minimum atomic E-state index is -4.26. The van der Waals surface area contributed by atoms with Crippen LogP contribution in [-0.4, -0.2) is 20.4 Å². The molecule has 9 heteroatoms. The number of anilines is 1. The molecule has 0 aliphatic carbocycles. The minimum Gasteiger partial charge on any atom is -0.426 e. The van der Waals surface area contributed by atoms with Crippen LogP contribution < -0.4 is 14.8 Å². The lowest BCUT2D eigenvalue weighted by Crippen LogP contribution is -2.40. The van der Waals surface area contributed by atoms with E-state index in [1.165, 1.54) is 42.5 Å². The summed E-state index contributed by atoms with van der Waals surface area (Å²) in [6.07, 6.45) is -0.0315. The van der Waals surface area contributed by atoms with Gasteiger partial charge in [-0.1, -0.05) is 11.6 Å². The SMILES string of the molecule is NC(=O)N(c1ccc(Cl)cc1)S(=O)(=O)c1ccc2c(c1)CC(=O)O2. The number of fused-ring (bicyclic) bond motifs is 1. The van der Waals surface area contributed by atoms with Crippen LogP contribution in [0, 0.1) is 0 Å². The fraction of sp³-hybridized carbons (Fsp3) is 0.0667. The first-order valence-corrected chi connectivity index (χ1v) is 8.55. The zero-order valence-corrected chi connectivity index (χ0v) is 13.7. The van der Waals surface area contributed by atoms with Crippen LogP contribution >= 0.6 is 11.6 Å². The number of halogens is 1. The molecule has 0 saturated heterocycles. The standard InChI is InChI=1S/C15H11ClN2O5S/c16-10-1-3-11(4-2-10)18(15(17)20)24(21,22)12-5-6-13-9(7-12)8-14(19)23-13/h1-7H,8H2,(H2,17,20). The lowest BCUT2D eigenvalue weighted by Gasteiger charge is -2.20. The van der Waals surface area contributed by atoms with Gasteiger partial charge in [0.15, 0.2) is 0 Å². The topological polar surface area (TPSA) is 107 Å². The summed E-state index contributed by atoms with van der Waals surface area (Å²) in [5, 5.41) is 0.383. The van der Waals surface area contributed by atoms with Crippen LogP contribution in [0.1, 0.15) is 5.56 Å². The molecule has 3 rings (SSSR count). The van der Waals surface area contributed by atoms with E-state index < -0.39 is 22.0 Å². The molecule has 0 atom stereocenters. The van der Waals surface area contributed by atoms with E-state index in [4.69, 9.17) is 22.1 Å². The first-order valence-electron chi connectivity index (χ1n) is 6.73. The summed E-state index contributed by atoms with van der Waals surface area (Å²) in [6, 6.07) is 8.36. The maximum Gasteiger partial charge on any atom is 0.333 e. The van der Waals surface area contributed by atoms with Gasteiger partial charge >= 0.3 is 12.0 Å². The Kier molecular flexibility index (Phi) is 3.94. The van der Waals surface area contributed by atoms with Gasteiger partial charge in [-0.15, -0.1) is 0 Å². The fourth-order valence-electron chi connectivity index (χ4n) is 2.33. The van der Waals surface area contributed by atoms with Gasteiger partial charge in [0.1, 0.15) is 5.75 Å². The molecule has 0 saturated carbocycles. The zero-order valence-electron chi connectivity index (χ0n) is 12.1. The van der Waals surface area contributed by atoms with E-state index in [2.05, 4.69) is 0 Å². The van der Waals surface area contributed by atoms with Crippen molar-refractivity contribution in [1.82, 2.24) is 0 Å². The monoisotopic (exact) mass is 366 g/mol. The molecule has 2 aromatic carbocycles. The molecule has 2 N–H and O–H groups in total. The molecule has 0 aromatic heterocycles. The molecule has 1 heterocycles. The van der Waals surface area contributed by atoms with Crippen molar-refractivity contribution in [2.45, 2.75) is 11.3 Å². The number of nitrogens with zero attached hydrogens (tertiary/aromatic N) is 1. The molecule has 1 aliphatic heterocycles. The number of sulfonamides is 1. The van der Waals surface area contributed by atoms with Crippen molar-refractivity contribution in [3.05, 3.63) is 53.1 Å².